The zero-order valence-corrected chi connectivity index (χ0v) is 13.0. The fraction of sp³-hybridized carbons (Fsp3) is 0.250. The van der Waals surface area contributed by atoms with E-state index in [0.29, 0.717) is 17.1 Å². The molecular formula is C16H17N3O2S. The summed E-state index contributed by atoms with van der Waals surface area (Å²) >= 11 is 1.41. The molecule has 1 unspecified atom stereocenters. The van der Waals surface area contributed by atoms with Crippen LogP contribution in [0.25, 0.3) is 16.8 Å². The number of nitrogens with zero attached hydrogens (tertiary/aromatic N) is 2. The van der Waals surface area contributed by atoms with Crippen LogP contribution in [0, 0.1) is 5.41 Å². The fourth-order valence-corrected chi connectivity index (χ4v) is 3.36. The number of thiazole rings is 1. The Balaban J connectivity index is 1.87. The van der Waals surface area contributed by atoms with Gasteiger partial charge in [-0.2, -0.15) is 0 Å². The Morgan fingerprint density at radius 3 is 2.77 bits per heavy atom. The number of benzene rings is 1. The first-order valence-electron chi connectivity index (χ1n) is 7.01. The Kier molecular flexibility index (Phi) is 3.96. The van der Waals surface area contributed by atoms with Gasteiger partial charge in [-0.1, -0.05) is 30.3 Å². The third-order valence-electron chi connectivity index (χ3n) is 3.45. The van der Waals surface area contributed by atoms with Crippen molar-refractivity contribution < 1.29 is 10.2 Å². The number of hydrogen-bond acceptors (Lipinski definition) is 5. The summed E-state index contributed by atoms with van der Waals surface area (Å²) in [4.78, 5) is 6.20. The van der Waals surface area contributed by atoms with E-state index in [4.69, 9.17) is 5.41 Å². The Morgan fingerprint density at radius 1 is 1.36 bits per heavy atom. The molecule has 1 aliphatic rings. The maximum absolute atomic E-state index is 10.2. The molecule has 0 radical (unpaired) electrons. The quantitative estimate of drug-likeness (QED) is 0.810. The minimum atomic E-state index is -0.552. The van der Waals surface area contributed by atoms with Crippen molar-refractivity contribution in [2.24, 2.45) is 0 Å². The molecule has 2 heterocycles. The first-order chi connectivity index (χ1) is 10.6. The minimum Gasteiger partial charge on any atom is -0.510 e. The predicted molar refractivity (Wildman–Crippen MR) is 88.1 cm³/mol. The molecule has 1 atom stereocenters. The Morgan fingerprint density at radius 2 is 2.09 bits per heavy atom. The maximum Gasteiger partial charge on any atom is 0.135 e. The summed E-state index contributed by atoms with van der Waals surface area (Å²) in [5, 5.41) is 30.4. The molecule has 1 aromatic carbocycles. The van der Waals surface area contributed by atoms with Crippen molar-refractivity contribution in [1.29, 1.82) is 5.41 Å². The highest BCUT2D eigenvalue weighted by molar-refractivity contribution is 7.11. The average molecular weight is 315 g/mol. The molecule has 0 saturated heterocycles. The first kappa shape index (κ1) is 14.7. The van der Waals surface area contributed by atoms with Gasteiger partial charge in [-0.05, 0) is 6.92 Å². The molecule has 5 nitrogen and oxygen atoms in total. The van der Waals surface area contributed by atoms with E-state index in [2.05, 4.69) is 4.98 Å². The second-order valence-corrected chi connectivity index (χ2v) is 6.16. The zero-order chi connectivity index (χ0) is 15.7. The minimum absolute atomic E-state index is 0.139. The van der Waals surface area contributed by atoms with Crippen LogP contribution in [0.2, 0.25) is 0 Å². The predicted octanol–water partition coefficient (Wildman–Crippen LogP) is 2.75. The summed E-state index contributed by atoms with van der Waals surface area (Å²) in [5.41, 5.74) is 2.31. The van der Waals surface area contributed by atoms with Gasteiger partial charge in [0.05, 0.1) is 23.9 Å². The van der Waals surface area contributed by atoms with E-state index in [9.17, 15) is 10.2 Å². The van der Waals surface area contributed by atoms with E-state index in [1.54, 1.807) is 11.8 Å². The second kappa shape index (κ2) is 5.90. The lowest BCUT2D eigenvalue weighted by molar-refractivity contribution is 0.160. The number of aliphatic hydroxyl groups excluding tert-OH is 2. The van der Waals surface area contributed by atoms with Gasteiger partial charge in [0.25, 0.3) is 0 Å². The molecule has 3 rings (SSSR count). The topological polar surface area (TPSA) is 80.4 Å². The largest absolute Gasteiger partial charge is 0.510 e. The van der Waals surface area contributed by atoms with Crippen LogP contribution in [0.4, 0.5) is 0 Å². The summed E-state index contributed by atoms with van der Waals surface area (Å²) in [7, 11) is 0. The van der Waals surface area contributed by atoms with Crippen LogP contribution >= 0.6 is 11.3 Å². The van der Waals surface area contributed by atoms with Crippen LogP contribution in [0.15, 0.2) is 41.5 Å². The van der Waals surface area contributed by atoms with Gasteiger partial charge in [-0.25, -0.2) is 4.98 Å². The fourth-order valence-electron chi connectivity index (χ4n) is 2.46. The van der Waals surface area contributed by atoms with E-state index in [0.717, 1.165) is 11.3 Å². The monoisotopic (exact) mass is 315 g/mol. The maximum atomic E-state index is 10.2. The lowest BCUT2D eigenvalue weighted by atomic mass is 10.2. The third-order valence-corrected chi connectivity index (χ3v) is 4.31. The third kappa shape index (κ3) is 2.75. The number of rotatable bonds is 4. The molecule has 0 spiro atoms. The van der Waals surface area contributed by atoms with Crippen molar-refractivity contribution in [3.05, 3.63) is 46.5 Å². The first-order valence-corrected chi connectivity index (χ1v) is 7.89. The van der Waals surface area contributed by atoms with E-state index in [1.807, 2.05) is 35.7 Å². The van der Waals surface area contributed by atoms with Crippen molar-refractivity contribution >= 4 is 22.7 Å². The van der Waals surface area contributed by atoms with Crippen LogP contribution in [0.5, 0.6) is 0 Å². The standard InChI is InChI=1S/C16H17N3O2S/c1-10(20)7-19-8-13(21)14(15(19)17)16-18-12(9-22-16)11-5-3-2-4-6-11/h2-6,9-10,17,20-21H,7-8H2,1H3. The van der Waals surface area contributed by atoms with Crippen molar-refractivity contribution in [2.75, 3.05) is 13.1 Å². The molecule has 114 valence electrons. The molecular weight excluding hydrogens is 298 g/mol. The van der Waals surface area contributed by atoms with Gasteiger partial charge < -0.3 is 15.1 Å². The van der Waals surface area contributed by atoms with Crippen molar-refractivity contribution in [3.63, 3.8) is 0 Å². The molecule has 0 fully saturated rings. The summed E-state index contributed by atoms with van der Waals surface area (Å²) in [5.74, 6) is 0.354. The molecule has 0 saturated carbocycles. The van der Waals surface area contributed by atoms with Crippen molar-refractivity contribution in [1.82, 2.24) is 9.88 Å². The Hall–Kier alpha value is -2.18. The smallest absolute Gasteiger partial charge is 0.135 e. The molecule has 3 N–H and O–H groups in total. The van der Waals surface area contributed by atoms with Gasteiger partial charge in [0.1, 0.15) is 16.6 Å². The molecule has 1 aliphatic heterocycles. The molecule has 0 bridgehead atoms. The Labute approximate surface area is 132 Å². The summed E-state index contributed by atoms with van der Waals surface area (Å²) in [6.07, 6.45) is -0.552. The van der Waals surface area contributed by atoms with Crippen molar-refractivity contribution in [2.45, 2.75) is 13.0 Å². The van der Waals surface area contributed by atoms with E-state index < -0.39 is 6.10 Å². The second-order valence-electron chi connectivity index (χ2n) is 5.30. The molecule has 2 aromatic rings. The lowest BCUT2D eigenvalue weighted by Crippen LogP contribution is -2.33. The molecule has 6 heteroatoms. The van der Waals surface area contributed by atoms with Gasteiger partial charge in [0.2, 0.25) is 0 Å². The van der Waals surface area contributed by atoms with Crippen LogP contribution in [-0.2, 0) is 0 Å². The Bertz CT molecular complexity index is 722. The van der Waals surface area contributed by atoms with Gasteiger partial charge in [0, 0.05) is 17.5 Å². The molecule has 1 aromatic heterocycles. The summed E-state index contributed by atoms with van der Waals surface area (Å²) < 4.78 is 0. The normalized spacial score (nSPS) is 16.5. The van der Waals surface area contributed by atoms with Crippen LogP contribution in [0.1, 0.15) is 11.9 Å². The number of β-amino-alcohol motifs (C(OH)–C–C–N with tert-alkyl or cyclic N) is 1. The number of nitrogens with one attached hydrogen (secondary N) is 1. The zero-order valence-electron chi connectivity index (χ0n) is 12.2. The lowest BCUT2D eigenvalue weighted by Gasteiger charge is -2.19. The summed E-state index contributed by atoms with van der Waals surface area (Å²) in [6, 6.07) is 9.81. The molecule has 0 aliphatic carbocycles. The van der Waals surface area contributed by atoms with Crippen LogP contribution in [-0.4, -0.2) is 45.1 Å². The van der Waals surface area contributed by atoms with Crippen molar-refractivity contribution in [3.8, 4) is 11.3 Å². The van der Waals surface area contributed by atoms with Gasteiger partial charge >= 0.3 is 0 Å². The van der Waals surface area contributed by atoms with Crippen LogP contribution in [0.3, 0.4) is 0 Å². The highest BCUT2D eigenvalue weighted by Crippen LogP contribution is 2.32. The number of aliphatic hydroxyl groups is 2. The van der Waals surface area contributed by atoms with Gasteiger partial charge in [-0.3, -0.25) is 5.41 Å². The average Bonchev–Trinajstić information content (AvgIpc) is 3.05. The van der Waals surface area contributed by atoms with E-state index in [-0.39, 0.29) is 18.1 Å². The summed E-state index contributed by atoms with van der Waals surface area (Å²) in [6.45, 7) is 2.24. The van der Waals surface area contributed by atoms with Crippen LogP contribution < -0.4 is 0 Å². The number of amidine groups is 1. The number of aromatic nitrogens is 1. The number of hydrogen-bond donors (Lipinski definition) is 3. The van der Waals surface area contributed by atoms with E-state index in [1.165, 1.54) is 11.3 Å². The molecule has 22 heavy (non-hydrogen) atoms. The van der Waals surface area contributed by atoms with Gasteiger partial charge in [-0.15, -0.1) is 11.3 Å². The van der Waals surface area contributed by atoms with Gasteiger partial charge in [0.15, 0.2) is 0 Å². The SMILES string of the molecule is CC(O)CN1CC(O)=C(c2nc(-c3ccccc3)cs2)C1=N. The highest BCUT2D eigenvalue weighted by Gasteiger charge is 2.30. The highest BCUT2D eigenvalue weighted by atomic mass is 32.1. The van der Waals surface area contributed by atoms with E-state index >= 15 is 0 Å². The molecule has 0 amide bonds.